The number of piperidine rings is 1. The smallest absolute Gasteiger partial charge is 0.303 e. The van der Waals surface area contributed by atoms with E-state index in [2.05, 4.69) is 13.8 Å². The van der Waals surface area contributed by atoms with Crippen molar-refractivity contribution in [2.45, 2.75) is 46.0 Å². The van der Waals surface area contributed by atoms with Gasteiger partial charge < -0.3 is 14.7 Å². The lowest BCUT2D eigenvalue weighted by atomic mass is 9.93. The first-order valence-electron chi connectivity index (χ1n) is 9.15. The van der Waals surface area contributed by atoms with Crippen LogP contribution in [0.1, 0.15) is 45.1 Å². The highest BCUT2D eigenvalue weighted by Gasteiger charge is 2.24. The van der Waals surface area contributed by atoms with Crippen LogP contribution in [0.5, 0.6) is 5.75 Å². The van der Waals surface area contributed by atoms with Crippen molar-refractivity contribution in [3.8, 4) is 5.75 Å². The zero-order valence-electron chi connectivity index (χ0n) is 15.2. The molecule has 1 unspecified atom stereocenters. The predicted molar refractivity (Wildman–Crippen MR) is 96.7 cm³/mol. The maximum Gasteiger partial charge on any atom is 0.303 e. The van der Waals surface area contributed by atoms with Gasteiger partial charge in [-0.1, -0.05) is 26.0 Å². The van der Waals surface area contributed by atoms with E-state index in [1.54, 1.807) is 0 Å². The number of likely N-dealkylation sites (tertiary alicyclic amines) is 1. The van der Waals surface area contributed by atoms with E-state index in [0.717, 1.165) is 30.7 Å². The number of nitrogens with zero attached hydrogens (tertiary/aromatic N) is 1. The Morgan fingerprint density at radius 1 is 1.28 bits per heavy atom. The van der Waals surface area contributed by atoms with Gasteiger partial charge >= 0.3 is 5.97 Å². The van der Waals surface area contributed by atoms with Crippen LogP contribution in [0, 0.1) is 11.8 Å². The quantitative estimate of drug-likeness (QED) is 0.783. The maximum absolute atomic E-state index is 12.5. The molecular formula is C20H29NO4. The van der Waals surface area contributed by atoms with E-state index >= 15 is 0 Å². The second-order valence-electron chi connectivity index (χ2n) is 7.31. The first-order chi connectivity index (χ1) is 11.9. The molecule has 0 aromatic heterocycles. The molecule has 5 nitrogen and oxygen atoms in total. The number of carboxylic acids is 1. The molecule has 0 aliphatic carbocycles. The van der Waals surface area contributed by atoms with Gasteiger partial charge in [0, 0.05) is 19.5 Å². The molecule has 1 atom stereocenters. The molecule has 0 bridgehead atoms. The first kappa shape index (κ1) is 19.3. The Bertz CT molecular complexity index is 568. The number of amides is 1. The normalized spacial score (nSPS) is 17.6. The van der Waals surface area contributed by atoms with E-state index in [-0.39, 0.29) is 12.3 Å². The molecule has 1 aromatic rings. The lowest BCUT2D eigenvalue weighted by Gasteiger charge is -2.32. The second-order valence-corrected chi connectivity index (χ2v) is 7.31. The minimum absolute atomic E-state index is 0.121. The summed E-state index contributed by atoms with van der Waals surface area (Å²) in [5.74, 6) is 0.978. The Morgan fingerprint density at radius 3 is 2.64 bits per heavy atom. The molecule has 1 amide bonds. The summed E-state index contributed by atoms with van der Waals surface area (Å²) in [6.07, 6.45) is 3.19. The van der Waals surface area contributed by atoms with Gasteiger partial charge in [0.05, 0.1) is 13.0 Å². The van der Waals surface area contributed by atoms with Crippen molar-refractivity contribution in [3.63, 3.8) is 0 Å². The molecule has 1 fully saturated rings. The molecule has 1 saturated heterocycles. The third-order valence-electron chi connectivity index (χ3n) is 4.50. The SMILES string of the molecule is CC(C)COc1ccc(CC(=O)N2CCCC(CCC(=O)O)C2)cc1. The molecule has 2 rings (SSSR count). The Kier molecular flexibility index (Phi) is 7.29. The zero-order chi connectivity index (χ0) is 18.2. The van der Waals surface area contributed by atoms with Crippen molar-refractivity contribution in [3.05, 3.63) is 29.8 Å². The Morgan fingerprint density at radius 2 is 2.00 bits per heavy atom. The Hall–Kier alpha value is -2.04. The molecule has 1 aromatic carbocycles. The summed E-state index contributed by atoms with van der Waals surface area (Å²) in [4.78, 5) is 25.1. The van der Waals surface area contributed by atoms with Gasteiger partial charge in [0.1, 0.15) is 5.75 Å². The largest absolute Gasteiger partial charge is 0.493 e. The Balaban J connectivity index is 1.83. The van der Waals surface area contributed by atoms with Crippen molar-refractivity contribution in [2.75, 3.05) is 19.7 Å². The molecule has 1 N–H and O–H groups in total. The summed E-state index contributed by atoms with van der Waals surface area (Å²) < 4.78 is 5.66. The van der Waals surface area contributed by atoms with Crippen molar-refractivity contribution < 1.29 is 19.4 Å². The number of ether oxygens (including phenoxy) is 1. The van der Waals surface area contributed by atoms with Crippen molar-refractivity contribution in [2.24, 2.45) is 11.8 Å². The number of hydrogen-bond donors (Lipinski definition) is 1. The number of aliphatic carboxylic acids is 1. The third kappa shape index (κ3) is 6.77. The Labute approximate surface area is 150 Å². The van der Waals surface area contributed by atoms with Crippen LogP contribution < -0.4 is 4.74 Å². The summed E-state index contributed by atoms with van der Waals surface area (Å²) in [7, 11) is 0. The lowest BCUT2D eigenvalue weighted by Crippen LogP contribution is -2.40. The standard InChI is InChI=1S/C20H29NO4/c1-15(2)14-25-18-8-5-16(6-9-18)12-19(22)21-11-3-4-17(13-21)7-10-20(23)24/h5-6,8-9,15,17H,3-4,7,10-14H2,1-2H3,(H,23,24). The van der Waals surface area contributed by atoms with Gasteiger partial charge in [0.25, 0.3) is 0 Å². The zero-order valence-corrected chi connectivity index (χ0v) is 15.2. The van der Waals surface area contributed by atoms with Crippen LogP contribution in [0.15, 0.2) is 24.3 Å². The number of hydrogen-bond acceptors (Lipinski definition) is 3. The highest BCUT2D eigenvalue weighted by molar-refractivity contribution is 5.79. The molecule has 5 heteroatoms. The fourth-order valence-electron chi connectivity index (χ4n) is 3.11. The van der Waals surface area contributed by atoms with Crippen LogP contribution >= 0.6 is 0 Å². The van der Waals surface area contributed by atoms with Gasteiger partial charge in [-0.2, -0.15) is 0 Å². The van der Waals surface area contributed by atoms with E-state index in [0.29, 0.717) is 37.8 Å². The van der Waals surface area contributed by atoms with Crippen LogP contribution in [0.2, 0.25) is 0 Å². The van der Waals surface area contributed by atoms with Crippen molar-refractivity contribution >= 4 is 11.9 Å². The van der Waals surface area contributed by atoms with Crippen LogP contribution in [-0.2, 0) is 16.0 Å². The highest BCUT2D eigenvalue weighted by Crippen LogP contribution is 2.22. The van der Waals surface area contributed by atoms with Gasteiger partial charge in [-0.25, -0.2) is 0 Å². The molecular weight excluding hydrogens is 318 g/mol. The number of rotatable bonds is 8. The summed E-state index contributed by atoms with van der Waals surface area (Å²) in [5.41, 5.74) is 0.981. The van der Waals surface area contributed by atoms with Crippen LogP contribution in [0.4, 0.5) is 0 Å². The summed E-state index contributed by atoms with van der Waals surface area (Å²) in [5, 5.41) is 8.81. The average molecular weight is 347 g/mol. The van der Waals surface area contributed by atoms with E-state index < -0.39 is 5.97 Å². The van der Waals surface area contributed by atoms with E-state index in [1.807, 2.05) is 29.2 Å². The average Bonchev–Trinajstić information content (AvgIpc) is 2.59. The lowest BCUT2D eigenvalue weighted by molar-refractivity contribution is -0.137. The minimum atomic E-state index is -0.761. The first-order valence-corrected chi connectivity index (χ1v) is 9.15. The minimum Gasteiger partial charge on any atom is -0.493 e. The van der Waals surface area contributed by atoms with Gasteiger partial charge in [-0.05, 0) is 48.8 Å². The second kappa shape index (κ2) is 9.44. The topological polar surface area (TPSA) is 66.8 Å². The van der Waals surface area contributed by atoms with Crippen molar-refractivity contribution in [1.82, 2.24) is 4.90 Å². The van der Waals surface area contributed by atoms with Gasteiger partial charge in [-0.15, -0.1) is 0 Å². The molecule has 138 valence electrons. The predicted octanol–water partition coefficient (Wildman–Crippen LogP) is 3.37. The fraction of sp³-hybridized carbons (Fsp3) is 0.600. The van der Waals surface area contributed by atoms with Crippen LogP contribution in [-0.4, -0.2) is 41.6 Å². The molecule has 1 aliphatic rings. The monoisotopic (exact) mass is 347 g/mol. The van der Waals surface area contributed by atoms with E-state index in [1.165, 1.54) is 0 Å². The fourth-order valence-corrected chi connectivity index (χ4v) is 3.11. The highest BCUT2D eigenvalue weighted by atomic mass is 16.5. The molecule has 25 heavy (non-hydrogen) atoms. The molecule has 0 radical (unpaired) electrons. The number of carbonyl (C=O) groups excluding carboxylic acids is 1. The molecule has 1 heterocycles. The van der Waals surface area contributed by atoms with E-state index in [9.17, 15) is 9.59 Å². The van der Waals surface area contributed by atoms with Gasteiger partial charge in [0.15, 0.2) is 0 Å². The van der Waals surface area contributed by atoms with Gasteiger partial charge in [-0.3, -0.25) is 9.59 Å². The van der Waals surface area contributed by atoms with E-state index in [4.69, 9.17) is 9.84 Å². The van der Waals surface area contributed by atoms with Crippen LogP contribution in [0.25, 0.3) is 0 Å². The summed E-state index contributed by atoms with van der Waals surface area (Å²) in [6, 6.07) is 7.71. The van der Waals surface area contributed by atoms with Crippen molar-refractivity contribution in [1.29, 1.82) is 0 Å². The third-order valence-corrected chi connectivity index (χ3v) is 4.50. The number of benzene rings is 1. The van der Waals surface area contributed by atoms with Crippen LogP contribution in [0.3, 0.4) is 0 Å². The van der Waals surface area contributed by atoms with Gasteiger partial charge in [0.2, 0.25) is 5.91 Å². The molecule has 0 saturated carbocycles. The number of carboxylic acid groups (broad SMARTS) is 1. The number of carbonyl (C=O) groups is 2. The summed E-state index contributed by atoms with van der Waals surface area (Å²) in [6.45, 7) is 6.36. The summed E-state index contributed by atoms with van der Waals surface area (Å²) >= 11 is 0. The maximum atomic E-state index is 12.5. The molecule has 1 aliphatic heterocycles. The molecule has 0 spiro atoms.